The van der Waals surface area contributed by atoms with Crippen LogP contribution in [0.2, 0.25) is 0 Å². The van der Waals surface area contributed by atoms with Crippen molar-refractivity contribution >= 4 is 26.9 Å². The molecule has 22 heavy (non-hydrogen) atoms. The van der Waals surface area contributed by atoms with Crippen LogP contribution in [-0.4, -0.2) is 36.6 Å². The van der Waals surface area contributed by atoms with Gasteiger partial charge in [-0.25, -0.2) is 13.2 Å². The molecule has 0 saturated carbocycles. The molecule has 1 heterocycles. The molecule has 2 unspecified atom stereocenters. The maximum absolute atomic E-state index is 12.3. The lowest BCUT2D eigenvalue weighted by Crippen LogP contribution is -2.49. The Balaban J connectivity index is 2.37. The summed E-state index contributed by atoms with van der Waals surface area (Å²) in [5.74, 6) is 3.65. The Morgan fingerprint density at radius 1 is 1.41 bits per heavy atom. The number of hydrogen-bond acceptors (Lipinski definition) is 7. The van der Waals surface area contributed by atoms with E-state index in [0.717, 1.165) is 5.39 Å². The maximum atomic E-state index is 12.3. The first kappa shape index (κ1) is 16.3. The normalized spacial score (nSPS) is 14.5. The van der Waals surface area contributed by atoms with E-state index < -0.39 is 28.1 Å². The number of aliphatic hydroxyl groups is 1. The topological polar surface area (TPSA) is 132 Å². The van der Waals surface area contributed by atoms with E-state index in [1.165, 1.54) is 25.3 Å². The Kier molecular flexibility index (Phi) is 4.71. The first-order chi connectivity index (χ1) is 10.3. The molecule has 2 atom stereocenters. The third kappa shape index (κ3) is 3.39. The molecule has 1 aromatic carbocycles. The first-order valence-electron chi connectivity index (χ1n) is 6.31. The molecule has 2 aromatic rings. The smallest absolute Gasteiger partial charge is 0.345 e. The molecule has 0 aliphatic rings. The van der Waals surface area contributed by atoms with Gasteiger partial charge in [0.05, 0.1) is 16.5 Å². The maximum Gasteiger partial charge on any atom is 0.345 e. The Labute approximate surface area is 126 Å². The van der Waals surface area contributed by atoms with E-state index in [-0.39, 0.29) is 4.90 Å². The van der Waals surface area contributed by atoms with Crippen molar-refractivity contribution < 1.29 is 23.2 Å². The van der Waals surface area contributed by atoms with Crippen LogP contribution in [0.15, 0.2) is 41.4 Å². The van der Waals surface area contributed by atoms with E-state index >= 15 is 0 Å². The van der Waals surface area contributed by atoms with Gasteiger partial charge in [0.25, 0.3) is 0 Å². The molecule has 0 spiro atoms. The van der Waals surface area contributed by atoms with E-state index in [1.54, 1.807) is 18.2 Å². The van der Waals surface area contributed by atoms with E-state index in [2.05, 4.69) is 14.5 Å². The van der Waals surface area contributed by atoms with E-state index in [9.17, 15) is 18.3 Å². The number of nitrogens with zero attached hydrogens (tertiary/aromatic N) is 1. The summed E-state index contributed by atoms with van der Waals surface area (Å²) >= 11 is 0. The second-order valence-corrected chi connectivity index (χ2v) is 6.35. The zero-order valence-electron chi connectivity index (χ0n) is 11.6. The number of sulfonamides is 1. The molecule has 0 bridgehead atoms. The van der Waals surface area contributed by atoms with Crippen molar-refractivity contribution in [3.63, 3.8) is 0 Å². The van der Waals surface area contributed by atoms with Crippen molar-refractivity contribution in [1.29, 1.82) is 0 Å². The molecule has 2 rings (SSSR count). The highest BCUT2D eigenvalue weighted by molar-refractivity contribution is 7.89. The predicted octanol–water partition coefficient (Wildman–Crippen LogP) is -0.321. The average Bonchev–Trinajstić information content (AvgIpc) is 2.51. The molecule has 1 aromatic heterocycles. The van der Waals surface area contributed by atoms with Gasteiger partial charge < -0.3 is 9.94 Å². The lowest BCUT2D eigenvalue weighted by Gasteiger charge is -2.18. The molecule has 0 radical (unpaired) electrons. The number of fused-ring (bicyclic) bond motifs is 1. The van der Waals surface area contributed by atoms with Gasteiger partial charge >= 0.3 is 5.97 Å². The number of pyridine rings is 1. The molecule has 0 aliphatic carbocycles. The summed E-state index contributed by atoms with van der Waals surface area (Å²) in [5.41, 5.74) is 0.486. The van der Waals surface area contributed by atoms with Gasteiger partial charge in [0, 0.05) is 11.6 Å². The number of carbonyl (C=O) groups is 1. The molecule has 0 aliphatic heterocycles. The van der Waals surface area contributed by atoms with Gasteiger partial charge in [0.2, 0.25) is 10.0 Å². The number of hydrogen-bond donors (Lipinski definition) is 3. The van der Waals surface area contributed by atoms with Crippen molar-refractivity contribution in [2.75, 3.05) is 0 Å². The highest BCUT2D eigenvalue weighted by Crippen LogP contribution is 2.17. The van der Waals surface area contributed by atoms with Gasteiger partial charge in [-0.3, -0.25) is 4.98 Å². The summed E-state index contributed by atoms with van der Waals surface area (Å²) in [5, 5.41) is 10.3. The van der Waals surface area contributed by atoms with Crippen molar-refractivity contribution in [2.45, 2.75) is 24.0 Å². The van der Waals surface area contributed by atoms with Crippen molar-refractivity contribution in [2.24, 2.45) is 5.90 Å². The Morgan fingerprint density at radius 2 is 2.14 bits per heavy atom. The fraction of sp³-hybridized carbons (Fsp3) is 0.231. The van der Waals surface area contributed by atoms with Crippen LogP contribution in [0.5, 0.6) is 0 Å². The van der Waals surface area contributed by atoms with Crippen molar-refractivity contribution in [1.82, 2.24) is 9.71 Å². The zero-order valence-corrected chi connectivity index (χ0v) is 12.4. The fourth-order valence-electron chi connectivity index (χ4n) is 1.87. The monoisotopic (exact) mass is 325 g/mol. The number of aliphatic hydroxyl groups excluding tert-OH is 1. The first-order valence-corrected chi connectivity index (χ1v) is 7.79. The average molecular weight is 325 g/mol. The lowest BCUT2D eigenvalue weighted by molar-refractivity contribution is -0.148. The van der Waals surface area contributed by atoms with Crippen molar-refractivity contribution in [3.8, 4) is 0 Å². The minimum atomic E-state index is -4.06. The van der Waals surface area contributed by atoms with E-state index in [4.69, 9.17) is 5.90 Å². The van der Waals surface area contributed by atoms with Gasteiger partial charge in [-0.05, 0) is 25.1 Å². The summed E-state index contributed by atoms with van der Waals surface area (Å²) in [6, 6.07) is 6.35. The molecule has 0 saturated heterocycles. The molecule has 118 valence electrons. The number of rotatable bonds is 5. The standard InChI is InChI=1S/C13H15N3O5S/c1-8(17)12(13(18)21-14)16-22(19,20)10-5-4-9-3-2-6-15-11(9)7-10/h2-8,12,16-17H,14H2,1H3. The van der Waals surface area contributed by atoms with Gasteiger partial charge in [-0.15, -0.1) is 0 Å². The van der Waals surface area contributed by atoms with Crippen molar-refractivity contribution in [3.05, 3.63) is 36.5 Å². The molecule has 4 N–H and O–H groups in total. The summed E-state index contributed by atoms with van der Waals surface area (Å²) < 4.78 is 26.7. The number of benzene rings is 1. The van der Waals surface area contributed by atoms with Gasteiger partial charge in [-0.1, -0.05) is 12.1 Å². The highest BCUT2D eigenvalue weighted by atomic mass is 32.2. The minimum absolute atomic E-state index is 0.0887. The number of aromatic nitrogens is 1. The Hall–Kier alpha value is -2.07. The Morgan fingerprint density at radius 3 is 2.77 bits per heavy atom. The fourth-order valence-corrected chi connectivity index (χ4v) is 3.14. The van der Waals surface area contributed by atoms with Crippen LogP contribution >= 0.6 is 0 Å². The van der Waals surface area contributed by atoms with Gasteiger partial charge in [0.15, 0.2) is 0 Å². The summed E-state index contributed by atoms with van der Waals surface area (Å²) in [7, 11) is -4.06. The lowest BCUT2D eigenvalue weighted by atomic mass is 10.2. The van der Waals surface area contributed by atoms with Crippen LogP contribution in [0.1, 0.15) is 6.92 Å². The Bertz CT molecular complexity index is 791. The van der Waals surface area contributed by atoms with Crippen LogP contribution in [0, 0.1) is 0 Å². The molecule has 9 heteroatoms. The number of carbonyl (C=O) groups excluding carboxylic acids is 1. The van der Waals surface area contributed by atoms with E-state index in [0.29, 0.717) is 5.52 Å². The summed E-state index contributed by atoms with van der Waals surface area (Å²) in [6.07, 6.45) is 0.223. The van der Waals surface area contributed by atoms with Crippen LogP contribution in [-0.2, 0) is 19.7 Å². The SMILES string of the molecule is CC(O)C(NS(=O)(=O)c1ccc2cccnc2c1)C(=O)ON. The molecule has 8 nitrogen and oxygen atoms in total. The second kappa shape index (κ2) is 6.36. The molecule has 0 amide bonds. The third-order valence-corrected chi connectivity index (χ3v) is 4.46. The number of nitrogens with two attached hydrogens (primary N) is 1. The third-order valence-electron chi connectivity index (χ3n) is 3.02. The van der Waals surface area contributed by atoms with Crippen LogP contribution < -0.4 is 10.6 Å². The van der Waals surface area contributed by atoms with E-state index in [1.807, 2.05) is 0 Å². The quantitative estimate of drug-likeness (QED) is 0.642. The molecular weight excluding hydrogens is 310 g/mol. The largest absolute Gasteiger partial charge is 0.391 e. The summed E-state index contributed by atoms with van der Waals surface area (Å²) in [6.45, 7) is 1.24. The van der Waals surface area contributed by atoms with Gasteiger partial charge in [-0.2, -0.15) is 10.6 Å². The predicted molar refractivity (Wildman–Crippen MR) is 77.8 cm³/mol. The summed E-state index contributed by atoms with van der Waals surface area (Å²) in [4.78, 5) is 19.4. The van der Waals surface area contributed by atoms with Gasteiger partial charge in [0.1, 0.15) is 6.04 Å². The highest BCUT2D eigenvalue weighted by Gasteiger charge is 2.30. The van der Waals surface area contributed by atoms with Crippen LogP contribution in [0.3, 0.4) is 0 Å². The second-order valence-electron chi connectivity index (χ2n) is 4.63. The minimum Gasteiger partial charge on any atom is -0.391 e. The number of nitrogens with one attached hydrogen (secondary N) is 1. The van der Waals surface area contributed by atoms with Crippen LogP contribution in [0.4, 0.5) is 0 Å². The zero-order chi connectivity index (χ0) is 16.3. The molecular formula is C13H15N3O5S. The van der Waals surface area contributed by atoms with Crippen LogP contribution in [0.25, 0.3) is 10.9 Å². The molecule has 0 fully saturated rings.